The van der Waals surface area contributed by atoms with Gasteiger partial charge in [-0.2, -0.15) is 0 Å². The SMILES string of the molecule is CCCC(COC)NS(=O)(=O)c1ncccc1NN. The molecule has 1 heterocycles. The van der Waals surface area contributed by atoms with Crippen LogP contribution < -0.4 is 16.0 Å². The molecular weight excluding hydrogens is 268 g/mol. The van der Waals surface area contributed by atoms with E-state index < -0.39 is 10.0 Å². The fourth-order valence-electron chi connectivity index (χ4n) is 1.72. The summed E-state index contributed by atoms with van der Waals surface area (Å²) in [5.41, 5.74) is 2.58. The van der Waals surface area contributed by atoms with Crippen LogP contribution in [0.15, 0.2) is 23.4 Å². The van der Waals surface area contributed by atoms with Crippen molar-refractivity contribution in [3.05, 3.63) is 18.3 Å². The summed E-state index contributed by atoms with van der Waals surface area (Å²) in [5.74, 6) is 5.29. The number of hydrogen-bond acceptors (Lipinski definition) is 6. The molecule has 1 rings (SSSR count). The van der Waals surface area contributed by atoms with Gasteiger partial charge < -0.3 is 10.2 Å². The number of ether oxygens (including phenoxy) is 1. The van der Waals surface area contributed by atoms with E-state index in [1.165, 1.54) is 13.3 Å². The first-order valence-corrected chi connectivity index (χ1v) is 7.46. The highest BCUT2D eigenvalue weighted by atomic mass is 32.2. The summed E-state index contributed by atoms with van der Waals surface area (Å²) in [6.45, 7) is 2.29. The average Bonchev–Trinajstić information content (AvgIpc) is 2.39. The molecule has 0 fully saturated rings. The van der Waals surface area contributed by atoms with E-state index in [1.807, 2.05) is 6.92 Å². The van der Waals surface area contributed by atoms with Crippen LogP contribution in [0.2, 0.25) is 0 Å². The Labute approximate surface area is 113 Å². The molecule has 1 aromatic heterocycles. The Bertz CT molecular complexity index is 486. The molecule has 0 amide bonds. The minimum atomic E-state index is -3.73. The Morgan fingerprint density at radius 3 is 2.84 bits per heavy atom. The summed E-state index contributed by atoms with van der Waals surface area (Å²) in [6.07, 6.45) is 2.94. The zero-order valence-electron chi connectivity index (χ0n) is 11.1. The topological polar surface area (TPSA) is 106 Å². The molecule has 4 N–H and O–H groups in total. The van der Waals surface area contributed by atoms with Gasteiger partial charge in [0.15, 0.2) is 5.03 Å². The Morgan fingerprint density at radius 2 is 2.26 bits per heavy atom. The third-order valence-electron chi connectivity index (χ3n) is 2.51. The Morgan fingerprint density at radius 1 is 1.53 bits per heavy atom. The number of hydrogen-bond donors (Lipinski definition) is 3. The van der Waals surface area contributed by atoms with Crippen LogP contribution >= 0.6 is 0 Å². The number of pyridine rings is 1. The number of aromatic nitrogens is 1. The second-order valence-corrected chi connectivity index (χ2v) is 5.69. The molecular formula is C11H20N4O3S. The lowest BCUT2D eigenvalue weighted by Gasteiger charge is -2.17. The highest BCUT2D eigenvalue weighted by Gasteiger charge is 2.23. The molecule has 0 radical (unpaired) electrons. The molecule has 7 nitrogen and oxygen atoms in total. The number of nitrogens with zero attached hydrogens (tertiary/aromatic N) is 1. The molecule has 0 aliphatic carbocycles. The van der Waals surface area contributed by atoms with E-state index in [1.54, 1.807) is 12.1 Å². The van der Waals surface area contributed by atoms with E-state index in [9.17, 15) is 8.42 Å². The summed E-state index contributed by atoms with van der Waals surface area (Å²) in [6, 6.07) is 2.87. The molecule has 0 saturated heterocycles. The first kappa shape index (κ1) is 15.8. The van der Waals surface area contributed by atoms with Gasteiger partial charge in [0.2, 0.25) is 0 Å². The number of rotatable bonds is 8. The normalized spacial score (nSPS) is 13.2. The third-order valence-corrected chi connectivity index (χ3v) is 3.99. The smallest absolute Gasteiger partial charge is 0.260 e. The van der Waals surface area contributed by atoms with Crippen molar-refractivity contribution in [2.45, 2.75) is 30.8 Å². The predicted octanol–water partition coefficient (Wildman–Crippen LogP) is 0.461. The fraction of sp³-hybridized carbons (Fsp3) is 0.545. The number of nitrogen functional groups attached to an aromatic ring is 1. The van der Waals surface area contributed by atoms with Crippen LogP contribution in [0.25, 0.3) is 0 Å². The average molecular weight is 288 g/mol. The number of methoxy groups -OCH3 is 1. The number of sulfonamides is 1. The molecule has 1 atom stereocenters. The molecule has 0 saturated carbocycles. The van der Waals surface area contributed by atoms with Crippen molar-refractivity contribution in [2.24, 2.45) is 5.84 Å². The number of anilines is 1. The lowest BCUT2D eigenvalue weighted by atomic mass is 10.2. The lowest BCUT2D eigenvalue weighted by Crippen LogP contribution is -2.38. The molecule has 0 aliphatic rings. The van der Waals surface area contributed by atoms with Crippen molar-refractivity contribution in [1.82, 2.24) is 9.71 Å². The van der Waals surface area contributed by atoms with Gasteiger partial charge in [0.25, 0.3) is 10.0 Å². The number of nitrogens with two attached hydrogens (primary N) is 1. The maximum absolute atomic E-state index is 12.2. The quantitative estimate of drug-likeness (QED) is 0.474. The number of nitrogens with one attached hydrogen (secondary N) is 2. The van der Waals surface area contributed by atoms with Crippen molar-refractivity contribution in [3.8, 4) is 0 Å². The van der Waals surface area contributed by atoms with Gasteiger partial charge in [-0.05, 0) is 18.6 Å². The van der Waals surface area contributed by atoms with Crippen LogP contribution in [-0.2, 0) is 14.8 Å². The van der Waals surface area contributed by atoms with Crippen molar-refractivity contribution < 1.29 is 13.2 Å². The van der Waals surface area contributed by atoms with Gasteiger partial charge in [-0.1, -0.05) is 13.3 Å². The molecule has 0 aromatic carbocycles. The highest BCUT2D eigenvalue weighted by Crippen LogP contribution is 2.17. The second-order valence-electron chi connectivity index (χ2n) is 4.06. The minimum absolute atomic E-state index is 0.116. The summed E-state index contributed by atoms with van der Waals surface area (Å²) < 4.78 is 32.1. The Hall–Kier alpha value is -1.22. The summed E-state index contributed by atoms with van der Waals surface area (Å²) in [7, 11) is -2.20. The fourth-order valence-corrected chi connectivity index (χ4v) is 3.07. The minimum Gasteiger partial charge on any atom is -0.383 e. The van der Waals surface area contributed by atoms with E-state index in [0.29, 0.717) is 13.0 Å². The Kier molecular flexibility index (Phi) is 6.16. The second kappa shape index (κ2) is 7.39. The van der Waals surface area contributed by atoms with Gasteiger partial charge in [0.05, 0.1) is 12.3 Å². The molecule has 1 aromatic rings. The van der Waals surface area contributed by atoms with Crippen molar-refractivity contribution >= 4 is 15.7 Å². The van der Waals surface area contributed by atoms with Gasteiger partial charge in [-0.3, -0.25) is 5.84 Å². The van der Waals surface area contributed by atoms with Crippen LogP contribution in [0.1, 0.15) is 19.8 Å². The van der Waals surface area contributed by atoms with E-state index in [-0.39, 0.29) is 16.8 Å². The molecule has 8 heteroatoms. The van der Waals surface area contributed by atoms with Gasteiger partial charge >= 0.3 is 0 Å². The molecule has 1 unspecified atom stereocenters. The van der Waals surface area contributed by atoms with E-state index in [2.05, 4.69) is 15.1 Å². The first-order chi connectivity index (χ1) is 9.05. The monoisotopic (exact) mass is 288 g/mol. The number of hydrazine groups is 1. The molecule has 0 spiro atoms. The van der Waals surface area contributed by atoms with Crippen LogP contribution in [0.4, 0.5) is 5.69 Å². The maximum Gasteiger partial charge on any atom is 0.260 e. The summed E-state index contributed by atoms with van der Waals surface area (Å²) in [4.78, 5) is 3.86. The van der Waals surface area contributed by atoms with Crippen molar-refractivity contribution in [2.75, 3.05) is 19.1 Å². The lowest BCUT2D eigenvalue weighted by molar-refractivity contribution is 0.171. The van der Waals surface area contributed by atoms with Crippen molar-refractivity contribution in [3.63, 3.8) is 0 Å². The van der Waals surface area contributed by atoms with Crippen LogP contribution in [-0.4, -0.2) is 33.2 Å². The summed E-state index contributed by atoms with van der Waals surface area (Å²) in [5, 5.41) is -0.116. The largest absolute Gasteiger partial charge is 0.383 e. The van der Waals surface area contributed by atoms with Gasteiger partial charge in [0.1, 0.15) is 0 Å². The van der Waals surface area contributed by atoms with Gasteiger partial charge in [0, 0.05) is 19.3 Å². The Balaban J connectivity index is 2.96. The third kappa shape index (κ3) is 4.43. The van der Waals surface area contributed by atoms with Crippen LogP contribution in [0, 0.1) is 0 Å². The summed E-state index contributed by atoms with van der Waals surface area (Å²) >= 11 is 0. The van der Waals surface area contributed by atoms with E-state index in [4.69, 9.17) is 10.6 Å². The predicted molar refractivity (Wildman–Crippen MR) is 72.9 cm³/mol. The zero-order chi connectivity index (χ0) is 14.3. The van der Waals surface area contributed by atoms with Crippen molar-refractivity contribution in [1.29, 1.82) is 0 Å². The maximum atomic E-state index is 12.2. The molecule has 108 valence electrons. The van der Waals surface area contributed by atoms with Gasteiger partial charge in [-0.15, -0.1) is 0 Å². The molecule has 19 heavy (non-hydrogen) atoms. The molecule has 0 bridgehead atoms. The zero-order valence-corrected chi connectivity index (χ0v) is 11.9. The van der Waals surface area contributed by atoms with Crippen LogP contribution in [0.5, 0.6) is 0 Å². The highest BCUT2D eigenvalue weighted by molar-refractivity contribution is 7.89. The van der Waals surface area contributed by atoms with E-state index in [0.717, 1.165) is 6.42 Å². The standard InChI is InChI=1S/C11H20N4O3S/c1-3-5-9(8-18-2)15-19(16,17)11-10(14-12)6-4-7-13-11/h4,6-7,9,14-15H,3,5,8,12H2,1-2H3. The van der Waals surface area contributed by atoms with Crippen LogP contribution in [0.3, 0.4) is 0 Å². The van der Waals surface area contributed by atoms with E-state index >= 15 is 0 Å². The van der Waals surface area contributed by atoms with Gasteiger partial charge in [-0.25, -0.2) is 18.1 Å². The molecule has 0 aliphatic heterocycles. The first-order valence-electron chi connectivity index (χ1n) is 5.98.